The van der Waals surface area contributed by atoms with Gasteiger partial charge in [0, 0.05) is 12.6 Å². The molecule has 2 aromatic rings. The highest BCUT2D eigenvalue weighted by Crippen LogP contribution is 2.35. The van der Waals surface area contributed by atoms with Gasteiger partial charge < -0.3 is 15.2 Å². The Bertz CT molecular complexity index is 785. The molecule has 1 aromatic heterocycles. The molecule has 1 aliphatic rings. The van der Waals surface area contributed by atoms with Crippen molar-refractivity contribution in [1.82, 2.24) is 10.2 Å². The van der Waals surface area contributed by atoms with E-state index in [1.54, 1.807) is 25.1 Å². The minimum atomic E-state index is -3.78. The monoisotopic (exact) mass is 310 g/mol. The summed E-state index contributed by atoms with van der Waals surface area (Å²) in [6, 6.07) is 4.81. The standard InChI is InChI=1S/C12H14N4O4S/c1-7-12(9(5-13)15-14-7)21(17,18)16-8-2-3-10-11(4-8)20-6-19-10/h2-4,16H,5-6,13H2,1H3,(H,14,15). The van der Waals surface area contributed by atoms with Crippen molar-refractivity contribution in [3.8, 4) is 11.5 Å². The minimum absolute atomic E-state index is 0.0295. The van der Waals surface area contributed by atoms with Gasteiger partial charge in [0.1, 0.15) is 4.90 Å². The highest BCUT2D eigenvalue weighted by atomic mass is 32.2. The largest absolute Gasteiger partial charge is 0.454 e. The summed E-state index contributed by atoms with van der Waals surface area (Å²) in [7, 11) is -3.78. The van der Waals surface area contributed by atoms with Crippen LogP contribution in [0.4, 0.5) is 5.69 Å². The number of rotatable bonds is 4. The predicted octanol–water partition coefficient (Wildman–Crippen LogP) is 0.706. The molecule has 4 N–H and O–H groups in total. The van der Waals surface area contributed by atoms with Crippen LogP contribution in [0.25, 0.3) is 0 Å². The minimum Gasteiger partial charge on any atom is -0.454 e. The van der Waals surface area contributed by atoms with Gasteiger partial charge >= 0.3 is 0 Å². The molecule has 0 radical (unpaired) electrons. The van der Waals surface area contributed by atoms with Crippen LogP contribution >= 0.6 is 0 Å². The molecule has 2 heterocycles. The van der Waals surface area contributed by atoms with E-state index >= 15 is 0 Å². The molecule has 9 heteroatoms. The Hall–Kier alpha value is -2.26. The van der Waals surface area contributed by atoms with Gasteiger partial charge in [0.05, 0.1) is 17.1 Å². The molecule has 8 nitrogen and oxygen atoms in total. The first-order valence-electron chi connectivity index (χ1n) is 6.17. The normalized spacial score (nSPS) is 13.4. The van der Waals surface area contributed by atoms with Crippen molar-refractivity contribution in [3.63, 3.8) is 0 Å². The number of aryl methyl sites for hydroxylation is 1. The average molecular weight is 310 g/mol. The van der Waals surface area contributed by atoms with Gasteiger partial charge in [-0.25, -0.2) is 8.42 Å². The number of nitrogens with two attached hydrogens (primary N) is 1. The third-order valence-electron chi connectivity index (χ3n) is 3.05. The van der Waals surface area contributed by atoms with E-state index in [2.05, 4.69) is 14.9 Å². The number of hydrogen-bond donors (Lipinski definition) is 3. The fourth-order valence-electron chi connectivity index (χ4n) is 2.13. The summed E-state index contributed by atoms with van der Waals surface area (Å²) in [6.45, 7) is 1.78. The van der Waals surface area contributed by atoms with Crippen molar-refractivity contribution < 1.29 is 17.9 Å². The van der Waals surface area contributed by atoms with Crippen molar-refractivity contribution in [1.29, 1.82) is 0 Å². The summed E-state index contributed by atoms with van der Waals surface area (Å²) in [5.74, 6) is 1.08. The molecule has 3 rings (SSSR count). The third kappa shape index (κ3) is 2.41. The van der Waals surface area contributed by atoms with E-state index in [0.717, 1.165) is 0 Å². The number of ether oxygens (including phenoxy) is 2. The van der Waals surface area contributed by atoms with E-state index in [9.17, 15) is 8.42 Å². The van der Waals surface area contributed by atoms with E-state index in [1.165, 1.54) is 0 Å². The lowest BCUT2D eigenvalue weighted by Gasteiger charge is -2.09. The van der Waals surface area contributed by atoms with Crippen LogP contribution in [0.1, 0.15) is 11.4 Å². The number of H-pyrrole nitrogens is 1. The highest BCUT2D eigenvalue weighted by molar-refractivity contribution is 7.92. The summed E-state index contributed by atoms with van der Waals surface area (Å²) >= 11 is 0. The predicted molar refractivity (Wildman–Crippen MR) is 74.6 cm³/mol. The van der Waals surface area contributed by atoms with Gasteiger partial charge in [-0.15, -0.1) is 0 Å². The lowest BCUT2D eigenvalue weighted by molar-refractivity contribution is 0.174. The maximum atomic E-state index is 12.5. The molecular formula is C12H14N4O4S. The maximum Gasteiger partial charge on any atom is 0.265 e. The number of hydrogen-bond acceptors (Lipinski definition) is 6. The Balaban J connectivity index is 1.94. The molecule has 0 spiro atoms. The highest BCUT2D eigenvalue weighted by Gasteiger charge is 2.24. The number of fused-ring (bicyclic) bond motifs is 1. The van der Waals surface area contributed by atoms with Crippen LogP contribution < -0.4 is 19.9 Å². The Morgan fingerprint density at radius 2 is 2.14 bits per heavy atom. The molecule has 1 aromatic carbocycles. The fraction of sp³-hybridized carbons (Fsp3) is 0.250. The lowest BCUT2D eigenvalue weighted by atomic mass is 10.3. The second-order valence-corrected chi connectivity index (χ2v) is 6.12. The number of nitrogens with one attached hydrogen (secondary N) is 2. The summed E-state index contributed by atoms with van der Waals surface area (Å²) in [6.07, 6.45) is 0. The van der Waals surface area contributed by atoms with Crippen molar-refractivity contribution in [2.75, 3.05) is 11.5 Å². The van der Waals surface area contributed by atoms with E-state index < -0.39 is 10.0 Å². The first kappa shape index (κ1) is 13.7. The Kier molecular flexibility index (Phi) is 3.22. The molecule has 0 atom stereocenters. The van der Waals surface area contributed by atoms with Crippen molar-refractivity contribution in [2.24, 2.45) is 5.73 Å². The zero-order valence-electron chi connectivity index (χ0n) is 11.2. The third-order valence-corrected chi connectivity index (χ3v) is 4.63. The van der Waals surface area contributed by atoms with Crippen LogP contribution in [0.3, 0.4) is 0 Å². The zero-order chi connectivity index (χ0) is 15.0. The SMILES string of the molecule is Cc1[nH]nc(CN)c1S(=O)(=O)Nc1ccc2c(c1)OCO2. The Morgan fingerprint density at radius 3 is 2.90 bits per heavy atom. The van der Waals surface area contributed by atoms with Crippen LogP contribution in [0, 0.1) is 6.92 Å². The Morgan fingerprint density at radius 1 is 1.38 bits per heavy atom. The average Bonchev–Trinajstić information content (AvgIpc) is 3.03. The number of anilines is 1. The van der Waals surface area contributed by atoms with Crippen molar-refractivity contribution in [3.05, 3.63) is 29.6 Å². The zero-order valence-corrected chi connectivity index (χ0v) is 12.0. The summed E-state index contributed by atoms with van der Waals surface area (Å²) in [4.78, 5) is 0.0719. The molecule has 0 aliphatic carbocycles. The van der Waals surface area contributed by atoms with Gasteiger partial charge in [-0.3, -0.25) is 9.82 Å². The van der Waals surface area contributed by atoms with Crippen LogP contribution in [-0.4, -0.2) is 25.4 Å². The van der Waals surface area contributed by atoms with Gasteiger partial charge in [-0.05, 0) is 19.1 Å². The van der Waals surface area contributed by atoms with Crippen molar-refractivity contribution in [2.45, 2.75) is 18.4 Å². The smallest absolute Gasteiger partial charge is 0.265 e. The number of nitrogens with zero attached hydrogens (tertiary/aromatic N) is 1. The van der Waals surface area contributed by atoms with E-state index in [4.69, 9.17) is 15.2 Å². The molecule has 1 aliphatic heterocycles. The Labute approximate surface area is 121 Å². The second kappa shape index (κ2) is 4.93. The van der Waals surface area contributed by atoms with Gasteiger partial charge in [-0.1, -0.05) is 0 Å². The van der Waals surface area contributed by atoms with Gasteiger partial charge in [0.2, 0.25) is 6.79 Å². The van der Waals surface area contributed by atoms with E-state index in [0.29, 0.717) is 28.6 Å². The fourth-order valence-corrected chi connectivity index (χ4v) is 3.56. The van der Waals surface area contributed by atoms with Gasteiger partial charge in [0.25, 0.3) is 10.0 Å². The van der Waals surface area contributed by atoms with Gasteiger partial charge in [-0.2, -0.15) is 5.10 Å². The number of sulfonamides is 1. The quantitative estimate of drug-likeness (QED) is 0.765. The molecule has 0 amide bonds. The van der Waals surface area contributed by atoms with Crippen LogP contribution in [0.2, 0.25) is 0 Å². The van der Waals surface area contributed by atoms with E-state index in [1.807, 2.05) is 0 Å². The number of aromatic amines is 1. The van der Waals surface area contributed by atoms with Crippen LogP contribution in [0.15, 0.2) is 23.1 Å². The number of benzene rings is 1. The van der Waals surface area contributed by atoms with Crippen LogP contribution in [-0.2, 0) is 16.6 Å². The summed E-state index contributed by atoms with van der Waals surface area (Å²) in [5, 5.41) is 6.51. The second-order valence-electron chi connectivity index (χ2n) is 4.50. The molecular weight excluding hydrogens is 296 g/mol. The first-order chi connectivity index (χ1) is 10.0. The summed E-state index contributed by atoms with van der Waals surface area (Å²) in [5.41, 5.74) is 6.62. The molecule has 112 valence electrons. The van der Waals surface area contributed by atoms with Crippen molar-refractivity contribution >= 4 is 15.7 Å². The topological polar surface area (TPSA) is 119 Å². The number of aromatic nitrogens is 2. The molecule has 21 heavy (non-hydrogen) atoms. The van der Waals surface area contributed by atoms with E-state index in [-0.39, 0.29) is 18.2 Å². The molecule has 0 bridgehead atoms. The molecule has 0 fully saturated rings. The maximum absolute atomic E-state index is 12.5. The molecule has 0 saturated heterocycles. The first-order valence-corrected chi connectivity index (χ1v) is 7.66. The molecule has 0 unspecified atom stereocenters. The summed E-state index contributed by atoms with van der Waals surface area (Å²) < 4.78 is 37.8. The van der Waals surface area contributed by atoms with Crippen LogP contribution in [0.5, 0.6) is 11.5 Å². The lowest BCUT2D eigenvalue weighted by Crippen LogP contribution is -2.16. The van der Waals surface area contributed by atoms with Gasteiger partial charge in [0.15, 0.2) is 11.5 Å². The molecule has 0 saturated carbocycles.